The summed E-state index contributed by atoms with van der Waals surface area (Å²) >= 11 is 0. The summed E-state index contributed by atoms with van der Waals surface area (Å²) in [4.78, 5) is 11.5. The molecule has 23 heavy (non-hydrogen) atoms. The minimum atomic E-state index is -3.73. The predicted octanol–water partition coefficient (Wildman–Crippen LogP) is 1.55. The fraction of sp³-hybridized carbons (Fsp3) is 0.643. The first kappa shape index (κ1) is 20.0. The lowest BCUT2D eigenvalue weighted by Gasteiger charge is -2.22. The molecule has 2 N–H and O–H groups in total. The molecule has 1 aliphatic heterocycles. The number of hydrogen-bond acceptors (Lipinski definition) is 6. The second-order valence-electron chi connectivity index (χ2n) is 5.24. The predicted molar refractivity (Wildman–Crippen MR) is 87.3 cm³/mol. The Balaban J connectivity index is 0.00000264. The highest BCUT2D eigenvalue weighted by Crippen LogP contribution is 2.16. The molecular weight excluding hydrogens is 344 g/mol. The Labute approximate surface area is 142 Å². The lowest BCUT2D eigenvalue weighted by molar-refractivity contribution is 0.0484. The Morgan fingerprint density at radius 3 is 2.91 bits per heavy atom. The highest BCUT2D eigenvalue weighted by molar-refractivity contribution is 7.89. The van der Waals surface area contributed by atoms with Crippen LogP contribution in [0.1, 0.15) is 36.7 Å². The van der Waals surface area contributed by atoms with Crippen molar-refractivity contribution in [1.82, 2.24) is 10.0 Å². The number of halogens is 1. The third-order valence-corrected chi connectivity index (χ3v) is 4.90. The van der Waals surface area contributed by atoms with Crippen molar-refractivity contribution in [2.24, 2.45) is 5.92 Å². The summed E-state index contributed by atoms with van der Waals surface area (Å²) in [5.74, 6) is -0.293. The number of piperidine rings is 1. The van der Waals surface area contributed by atoms with E-state index in [0.29, 0.717) is 12.5 Å². The zero-order valence-electron chi connectivity index (χ0n) is 13.0. The molecule has 1 aliphatic rings. The van der Waals surface area contributed by atoms with Crippen LogP contribution >= 0.6 is 12.4 Å². The second kappa shape index (κ2) is 9.27. The highest BCUT2D eigenvalue weighted by atomic mass is 35.5. The van der Waals surface area contributed by atoms with Crippen molar-refractivity contribution in [3.63, 3.8) is 0 Å². The molecule has 0 spiro atoms. The average molecular weight is 367 g/mol. The number of nitrogens with one attached hydrogen (secondary N) is 2. The molecule has 0 aromatic carbocycles. The molecule has 1 unspecified atom stereocenters. The number of esters is 1. The number of furan rings is 1. The molecule has 1 saturated heterocycles. The second-order valence-corrected chi connectivity index (χ2v) is 6.94. The molecule has 1 aromatic heterocycles. The third kappa shape index (κ3) is 5.80. The van der Waals surface area contributed by atoms with Crippen LogP contribution in [0.15, 0.2) is 21.6 Å². The van der Waals surface area contributed by atoms with Gasteiger partial charge in [0.05, 0.1) is 6.61 Å². The average Bonchev–Trinajstić information content (AvgIpc) is 2.99. The zero-order valence-corrected chi connectivity index (χ0v) is 14.7. The van der Waals surface area contributed by atoms with Gasteiger partial charge in [-0.2, -0.15) is 0 Å². The van der Waals surface area contributed by atoms with Crippen molar-refractivity contribution in [2.75, 3.05) is 26.2 Å². The Bertz CT molecular complexity index is 596. The summed E-state index contributed by atoms with van der Waals surface area (Å²) in [6.07, 6.45) is 3.01. The number of carbonyl (C=O) groups is 1. The summed E-state index contributed by atoms with van der Waals surface area (Å²) < 4.78 is 36.5. The van der Waals surface area contributed by atoms with Gasteiger partial charge in [-0.25, -0.2) is 17.9 Å². The number of hydrogen-bond donors (Lipinski definition) is 2. The summed E-state index contributed by atoms with van der Waals surface area (Å²) in [5.41, 5.74) is 0. The Kier molecular flexibility index (Phi) is 8.04. The molecule has 0 aliphatic carbocycles. The van der Waals surface area contributed by atoms with Crippen molar-refractivity contribution < 1.29 is 22.4 Å². The zero-order chi connectivity index (χ0) is 16.0. The lowest BCUT2D eigenvalue weighted by Crippen LogP contribution is -2.33. The maximum absolute atomic E-state index is 12.1. The van der Waals surface area contributed by atoms with Crippen LogP contribution in [0, 0.1) is 5.92 Å². The van der Waals surface area contributed by atoms with Crippen molar-refractivity contribution in [1.29, 1.82) is 0 Å². The molecule has 9 heteroatoms. The molecule has 2 heterocycles. The minimum absolute atomic E-state index is 0. The van der Waals surface area contributed by atoms with Gasteiger partial charge in [0, 0.05) is 6.54 Å². The van der Waals surface area contributed by atoms with Crippen LogP contribution in [0.5, 0.6) is 0 Å². The van der Waals surface area contributed by atoms with Gasteiger partial charge in [-0.1, -0.05) is 0 Å². The molecule has 1 fully saturated rings. The molecule has 0 saturated carbocycles. The molecule has 0 radical (unpaired) electrons. The van der Waals surface area contributed by atoms with Crippen molar-refractivity contribution in [2.45, 2.75) is 31.3 Å². The van der Waals surface area contributed by atoms with Crippen LogP contribution in [-0.4, -0.2) is 40.6 Å². The SMILES string of the molecule is CCOC(=O)c1ccc(S(=O)(=O)NCCC2CCCNC2)o1.Cl. The molecule has 1 aromatic rings. The monoisotopic (exact) mass is 366 g/mol. The molecule has 7 nitrogen and oxygen atoms in total. The van der Waals surface area contributed by atoms with Crippen molar-refractivity contribution in [3.8, 4) is 0 Å². The summed E-state index contributed by atoms with van der Waals surface area (Å²) in [5, 5.41) is 3.03. The fourth-order valence-electron chi connectivity index (χ4n) is 2.42. The molecule has 0 amide bonds. The molecule has 0 bridgehead atoms. The summed E-state index contributed by atoms with van der Waals surface area (Å²) in [6.45, 7) is 4.18. The molecular formula is C14H23ClN2O5S. The van der Waals surface area contributed by atoms with Gasteiger partial charge in [-0.05, 0) is 57.3 Å². The van der Waals surface area contributed by atoms with Crippen LogP contribution in [0.25, 0.3) is 0 Å². The van der Waals surface area contributed by atoms with E-state index < -0.39 is 16.0 Å². The molecule has 2 rings (SSSR count). The summed E-state index contributed by atoms with van der Waals surface area (Å²) in [6, 6.07) is 2.56. The van der Waals surface area contributed by atoms with E-state index in [-0.39, 0.29) is 29.9 Å². The number of rotatable bonds is 7. The van der Waals surface area contributed by atoms with E-state index in [1.165, 1.54) is 12.1 Å². The van der Waals surface area contributed by atoms with Gasteiger partial charge in [0.2, 0.25) is 10.9 Å². The Morgan fingerprint density at radius 1 is 1.48 bits per heavy atom. The van der Waals surface area contributed by atoms with Gasteiger partial charge in [-0.3, -0.25) is 0 Å². The van der Waals surface area contributed by atoms with Gasteiger partial charge in [0.1, 0.15) is 0 Å². The highest BCUT2D eigenvalue weighted by Gasteiger charge is 2.22. The Hall–Kier alpha value is -1.09. The van der Waals surface area contributed by atoms with E-state index >= 15 is 0 Å². The van der Waals surface area contributed by atoms with Crippen molar-refractivity contribution in [3.05, 3.63) is 17.9 Å². The maximum atomic E-state index is 12.1. The van der Waals surface area contributed by atoms with Gasteiger partial charge in [-0.15, -0.1) is 12.4 Å². The first-order valence-electron chi connectivity index (χ1n) is 7.50. The number of sulfonamides is 1. The smallest absolute Gasteiger partial charge is 0.374 e. The summed E-state index contributed by atoms with van der Waals surface area (Å²) in [7, 11) is -3.73. The van der Waals surface area contributed by atoms with Crippen molar-refractivity contribution >= 4 is 28.4 Å². The largest absolute Gasteiger partial charge is 0.460 e. The van der Waals surface area contributed by atoms with E-state index in [9.17, 15) is 13.2 Å². The Morgan fingerprint density at radius 2 is 2.26 bits per heavy atom. The van der Waals surface area contributed by atoms with Crippen LogP contribution in [-0.2, 0) is 14.8 Å². The van der Waals surface area contributed by atoms with Crippen LogP contribution in [0.3, 0.4) is 0 Å². The van der Waals surface area contributed by atoms with Gasteiger partial charge < -0.3 is 14.5 Å². The van der Waals surface area contributed by atoms with Gasteiger partial charge >= 0.3 is 5.97 Å². The normalized spacial score (nSPS) is 18.2. The number of carbonyl (C=O) groups excluding carboxylic acids is 1. The fourth-order valence-corrected chi connectivity index (χ4v) is 3.39. The number of ether oxygens (including phenoxy) is 1. The molecule has 1 atom stereocenters. The first-order valence-corrected chi connectivity index (χ1v) is 8.98. The van der Waals surface area contributed by atoms with Crippen LogP contribution < -0.4 is 10.0 Å². The third-order valence-electron chi connectivity index (χ3n) is 3.57. The van der Waals surface area contributed by atoms with E-state index in [1.54, 1.807) is 6.92 Å². The van der Waals surface area contributed by atoms with E-state index in [4.69, 9.17) is 9.15 Å². The molecule has 132 valence electrons. The van der Waals surface area contributed by atoms with Crippen LogP contribution in [0.2, 0.25) is 0 Å². The minimum Gasteiger partial charge on any atom is -0.460 e. The van der Waals surface area contributed by atoms with Gasteiger partial charge in [0.15, 0.2) is 0 Å². The van der Waals surface area contributed by atoms with E-state index in [1.807, 2.05) is 0 Å². The van der Waals surface area contributed by atoms with E-state index in [0.717, 1.165) is 32.4 Å². The first-order chi connectivity index (χ1) is 10.5. The topological polar surface area (TPSA) is 97.6 Å². The van der Waals surface area contributed by atoms with Gasteiger partial charge in [0.25, 0.3) is 10.0 Å². The standard InChI is InChI=1S/C14H22N2O5S.ClH/c1-2-20-14(17)12-5-6-13(21-12)22(18,19)16-9-7-11-4-3-8-15-10-11;/h5-6,11,15-16H,2-4,7-10H2,1H3;1H. The van der Waals surface area contributed by atoms with Crippen LogP contribution in [0.4, 0.5) is 0 Å². The quantitative estimate of drug-likeness (QED) is 0.710. The van der Waals surface area contributed by atoms with E-state index in [2.05, 4.69) is 10.0 Å². The maximum Gasteiger partial charge on any atom is 0.374 e. The lowest BCUT2D eigenvalue weighted by atomic mass is 9.96.